The Kier molecular flexibility index (Phi) is 4.85. The van der Waals surface area contributed by atoms with Gasteiger partial charge in [0.25, 0.3) is 0 Å². The molecule has 0 unspecified atom stereocenters. The highest BCUT2D eigenvalue weighted by Gasteiger charge is 2.12. The predicted octanol–water partition coefficient (Wildman–Crippen LogP) is 4.35. The number of anilines is 1. The minimum absolute atomic E-state index is 0.187. The van der Waals surface area contributed by atoms with E-state index in [1.807, 2.05) is 13.0 Å². The van der Waals surface area contributed by atoms with E-state index in [9.17, 15) is 4.79 Å². The van der Waals surface area contributed by atoms with Crippen molar-refractivity contribution in [2.45, 2.75) is 13.3 Å². The summed E-state index contributed by atoms with van der Waals surface area (Å²) in [7, 11) is 0. The van der Waals surface area contributed by atoms with Gasteiger partial charge < -0.3 is 5.32 Å². The van der Waals surface area contributed by atoms with Crippen LogP contribution in [0.5, 0.6) is 0 Å². The fourth-order valence-electron chi connectivity index (χ4n) is 1.84. The van der Waals surface area contributed by atoms with Crippen LogP contribution < -0.4 is 5.32 Å². The van der Waals surface area contributed by atoms with E-state index in [2.05, 4.69) is 5.32 Å². The van der Waals surface area contributed by atoms with Crippen LogP contribution >= 0.6 is 23.2 Å². The Balaban J connectivity index is 2.12. The lowest BCUT2D eigenvalue weighted by atomic mass is 10.1. The molecule has 21 heavy (non-hydrogen) atoms. The summed E-state index contributed by atoms with van der Waals surface area (Å²) in [5, 5.41) is 12.3. The van der Waals surface area contributed by atoms with Crippen LogP contribution in [0.1, 0.15) is 16.7 Å². The highest BCUT2D eigenvalue weighted by Crippen LogP contribution is 2.32. The van der Waals surface area contributed by atoms with Gasteiger partial charge in [0.05, 0.1) is 33.8 Å². The third-order valence-corrected chi connectivity index (χ3v) is 3.80. The van der Waals surface area contributed by atoms with Crippen molar-refractivity contribution >= 4 is 34.8 Å². The van der Waals surface area contributed by atoms with Crippen molar-refractivity contribution in [1.29, 1.82) is 5.26 Å². The van der Waals surface area contributed by atoms with Crippen LogP contribution in [0.2, 0.25) is 10.0 Å². The predicted molar refractivity (Wildman–Crippen MR) is 84.7 cm³/mol. The summed E-state index contributed by atoms with van der Waals surface area (Å²) in [4.78, 5) is 12.1. The second-order valence-electron chi connectivity index (χ2n) is 4.59. The van der Waals surface area contributed by atoms with Crippen molar-refractivity contribution in [2.75, 3.05) is 5.32 Å². The van der Waals surface area contributed by atoms with Crippen LogP contribution in [0.4, 0.5) is 5.69 Å². The van der Waals surface area contributed by atoms with Crippen LogP contribution in [0.3, 0.4) is 0 Å². The van der Waals surface area contributed by atoms with E-state index in [-0.39, 0.29) is 12.3 Å². The molecule has 1 amide bonds. The maximum Gasteiger partial charge on any atom is 0.228 e. The molecule has 0 saturated heterocycles. The number of halogens is 2. The maximum absolute atomic E-state index is 12.1. The third kappa shape index (κ3) is 3.75. The Morgan fingerprint density at radius 2 is 1.86 bits per heavy atom. The van der Waals surface area contributed by atoms with E-state index in [0.717, 1.165) is 11.1 Å². The van der Waals surface area contributed by atoms with Crippen LogP contribution in [-0.2, 0) is 11.2 Å². The molecule has 0 fully saturated rings. The number of benzene rings is 2. The quantitative estimate of drug-likeness (QED) is 0.914. The van der Waals surface area contributed by atoms with Gasteiger partial charge in [-0.05, 0) is 36.2 Å². The average Bonchev–Trinajstić information content (AvgIpc) is 2.48. The number of rotatable bonds is 3. The number of nitrogens with zero attached hydrogens (tertiary/aromatic N) is 1. The van der Waals surface area contributed by atoms with Gasteiger partial charge in [-0.15, -0.1) is 0 Å². The van der Waals surface area contributed by atoms with Gasteiger partial charge in [-0.25, -0.2) is 0 Å². The molecule has 0 heterocycles. The number of hydrogen-bond acceptors (Lipinski definition) is 2. The zero-order valence-electron chi connectivity index (χ0n) is 11.3. The first-order valence-electron chi connectivity index (χ1n) is 6.24. The third-order valence-electron chi connectivity index (χ3n) is 3.00. The van der Waals surface area contributed by atoms with Crippen molar-refractivity contribution in [2.24, 2.45) is 0 Å². The normalized spacial score (nSPS) is 10.0. The van der Waals surface area contributed by atoms with E-state index < -0.39 is 0 Å². The lowest BCUT2D eigenvalue weighted by molar-refractivity contribution is -0.115. The Hall–Kier alpha value is -2.02. The van der Waals surface area contributed by atoms with Crippen molar-refractivity contribution in [3.05, 3.63) is 63.1 Å². The minimum Gasteiger partial charge on any atom is -0.323 e. The molecule has 1 N–H and O–H groups in total. The molecular weight excluding hydrogens is 307 g/mol. The molecular formula is C16H12Cl2N2O. The monoisotopic (exact) mass is 318 g/mol. The molecule has 0 radical (unpaired) electrons. The lowest BCUT2D eigenvalue weighted by Crippen LogP contribution is -2.15. The molecule has 0 aromatic heterocycles. The Labute approximate surface area is 133 Å². The van der Waals surface area contributed by atoms with Crippen molar-refractivity contribution < 1.29 is 4.79 Å². The number of nitrogens with one attached hydrogen (secondary N) is 1. The fourth-order valence-corrected chi connectivity index (χ4v) is 2.30. The number of carbonyl (C=O) groups excluding carboxylic acids is 1. The number of nitriles is 1. The van der Waals surface area contributed by atoms with Gasteiger partial charge in [0.1, 0.15) is 0 Å². The number of aryl methyl sites for hydroxylation is 1. The molecule has 2 aromatic rings. The SMILES string of the molecule is Cc1ccc(Cl)c(NC(=O)Cc2ccc(C#N)cc2)c1Cl. The molecule has 0 bridgehead atoms. The molecule has 2 aromatic carbocycles. The summed E-state index contributed by atoms with van der Waals surface area (Å²) >= 11 is 12.2. The zero-order valence-corrected chi connectivity index (χ0v) is 12.8. The van der Waals surface area contributed by atoms with Crippen molar-refractivity contribution in [3.63, 3.8) is 0 Å². The number of carbonyl (C=O) groups is 1. The van der Waals surface area contributed by atoms with Gasteiger partial charge in [-0.1, -0.05) is 41.4 Å². The van der Waals surface area contributed by atoms with Gasteiger partial charge in [-0.3, -0.25) is 4.79 Å². The number of hydrogen-bond donors (Lipinski definition) is 1. The van der Waals surface area contributed by atoms with Crippen molar-refractivity contribution in [1.82, 2.24) is 0 Å². The maximum atomic E-state index is 12.1. The zero-order chi connectivity index (χ0) is 15.4. The first kappa shape index (κ1) is 15.4. The molecule has 0 aliphatic rings. The largest absolute Gasteiger partial charge is 0.323 e. The van der Waals surface area contributed by atoms with Crippen LogP contribution in [0.15, 0.2) is 36.4 Å². The molecule has 2 rings (SSSR count). The summed E-state index contributed by atoms with van der Waals surface area (Å²) in [6.07, 6.45) is 0.187. The Morgan fingerprint density at radius 3 is 2.48 bits per heavy atom. The van der Waals surface area contributed by atoms with Crippen LogP contribution in [-0.4, -0.2) is 5.91 Å². The van der Waals surface area contributed by atoms with E-state index >= 15 is 0 Å². The fraction of sp³-hybridized carbons (Fsp3) is 0.125. The van der Waals surface area contributed by atoms with E-state index in [1.54, 1.807) is 36.4 Å². The first-order chi connectivity index (χ1) is 10.0. The molecule has 0 aliphatic carbocycles. The topological polar surface area (TPSA) is 52.9 Å². The molecule has 0 saturated carbocycles. The van der Waals surface area contributed by atoms with E-state index in [0.29, 0.717) is 21.3 Å². The molecule has 0 spiro atoms. The molecule has 3 nitrogen and oxygen atoms in total. The second-order valence-corrected chi connectivity index (χ2v) is 5.37. The molecule has 0 aliphatic heterocycles. The highest BCUT2D eigenvalue weighted by atomic mass is 35.5. The van der Waals surface area contributed by atoms with Crippen LogP contribution in [0.25, 0.3) is 0 Å². The highest BCUT2D eigenvalue weighted by molar-refractivity contribution is 6.40. The number of amides is 1. The summed E-state index contributed by atoms with van der Waals surface area (Å²) in [6, 6.07) is 12.4. The standard InChI is InChI=1S/C16H12Cl2N2O/c1-10-2-7-13(17)16(15(10)18)20-14(21)8-11-3-5-12(9-19)6-4-11/h2-7H,8H2,1H3,(H,20,21). The van der Waals surface area contributed by atoms with Gasteiger partial charge in [0.15, 0.2) is 0 Å². The molecule has 106 valence electrons. The van der Waals surface area contributed by atoms with Gasteiger partial charge in [0.2, 0.25) is 5.91 Å². The van der Waals surface area contributed by atoms with Crippen LogP contribution in [0, 0.1) is 18.3 Å². The van der Waals surface area contributed by atoms with Gasteiger partial charge >= 0.3 is 0 Å². The summed E-state index contributed by atoms with van der Waals surface area (Å²) in [5.41, 5.74) is 2.64. The summed E-state index contributed by atoms with van der Waals surface area (Å²) in [5.74, 6) is -0.214. The lowest BCUT2D eigenvalue weighted by Gasteiger charge is -2.11. The van der Waals surface area contributed by atoms with E-state index in [4.69, 9.17) is 28.5 Å². The van der Waals surface area contributed by atoms with E-state index in [1.165, 1.54) is 0 Å². The van der Waals surface area contributed by atoms with Gasteiger partial charge in [0, 0.05) is 0 Å². The average molecular weight is 319 g/mol. The van der Waals surface area contributed by atoms with Gasteiger partial charge in [-0.2, -0.15) is 5.26 Å². The molecule has 5 heteroatoms. The minimum atomic E-state index is -0.214. The Bertz CT molecular complexity index is 718. The summed E-state index contributed by atoms with van der Waals surface area (Å²) < 4.78 is 0. The smallest absolute Gasteiger partial charge is 0.228 e. The first-order valence-corrected chi connectivity index (χ1v) is 7.00. The Morgan fingerprint density at radius 1 is 1.19 bits per heavy atom. The summed E-state index contributed by atoms with van der Waals surface area (Å²) in [6.45, 7) is 1.84. The second kappa shape index (κ2) is 6.62. The molecule has 0 atom stereocenters. The van der Waals surface area contributed by atoms with Crippen molar-refractivity contribution in [3.8, 4) is 6.07 Å².